The normalized spacial score (nSPS) is 11.2. The van der Waals surface area contributed by atoms with E-state index < -0.39 is 0 Å². The summed E-state index contributed by atoms with van der Waals surface area (Å²) in [6.07, 6.45) is 0. The van der Waals surface area contributed by atoms with Crippen molar-refractivity contribution < 1.29 is 0 Å². The molecule has 66 valence electrons. The van der Waals surface area contributed by atoms with Gasteiger partial charge in [0.1, 0.15) is 7.85 Å². The number of fused-ring (bicyclic) bond motifs is 3. The highest BCUT2D eigenvalue weighted by atomic mass is 15.2. The molecule has 0 atom stereocenters. The standard InChI is InChI=1S/C11H6B2N2/c12-11-9-6-5-7-3-1-2-4-8(7)10(9)15(13)14-11/h1-6H. The van der Waals surface area contributed by atoms with Crippen LogP contribution in [0, 0.1) is 0 Å². The maximum Gasteiger partial charge on any atom is 0.265 e. The number of aromatic nitrogens is 2. The fourth-order valence-electron chi connectivity index (χ4n) is 1.93. The minimum atomic E-state index is 0.471. The molecule has 4 radical (unpaired) electrons. The Morgan fingerprint density at radius 1 is 1.00 bits per heavy atom. The van der Waals surface area contributed by atoms with Gasteiger partial charge in [-0.2, -0.15) is 0 Å². The van der Waals surface area contributed by atoms with Crippen LogP contribution in [-0.2, 0) is 0 Å². The molecule has 2 nitrogen and oxygen atoms in total. The second-order valence-electron chi connectivity index (χ2n) is 3.51. The lowest BCUT2D eigenvalue weighted by Gasteiger charge is -2.01. The molecule has 0 fully saturated rings. The van der Waals surface area contributed by atoms with E-state index in [9.17, 15) is 0 Å². The predicted molar refractivity (Wildman–Crippen MR) is 63.8 cm³/mol. The zero-order valence-corrected chi connectivity index (χ0v) is 8.01. The molecule has 1 aromatic heterocycles. The van der Waals surface area contributed by atoms with E-state index in [0.29, 0.717) is 5.59 Å². The summed E-state index contributed by atoms with van der Waals surface area (Å²) in [5.74, 6) is 0. The molecule has 0 saturated heterocycles. The molecule has 0 saturated carbocycles. The van der Waals surface area contributed by atoms with E-state index in [4.69, 9.17) is 15.8 Å². The zero-order valence-electron chi connectivity index (χ0n) is 8.01. The SMILES string of the molecule is [B]c1nn([B])c2c1ccc1ccccc12. The van der Waals surface area contributed by atoms with Gasteiger partial charge in [-0.3, -0.25) is 0 Å². The second-order valence-corrected chi connectivity index (χ2v) is 3.51. The van der Waals surface area contributed by atoms with Gasteiger partial charge in [0.25, 0.3) is 7.98 Å². The summed E-state index contributed by atoms with van der Waals surface area (Å²) in [4.78, 5) is 0. The Hall–Kier alpha value is -1.70. The van der Waals surface area contributed by atoms with Crippen molar-refractivity contribution in [1.82, 2.24) is 9.69 Å². The lowest BCUT2D eigenvalue weighted by Crippen LogP contribution is -2.06. The smallest absolute Gasteiger partial charge is 0.265 e. The van der Waals surface area contributed by atoms with Gasteiger partial charge in [-0.1, -0.05) is 36.4 Å². The summed E-state index contributed by atoms with van der Waals surface area (Å²) in [6, 6.07) is 12.0. The summed E-state index contributed by atoms with van der Waals surface area (Å²) in [6.45, 7) is 0. The minimum Gasteiger partial charge on any atom is -0.324 e. The molecule has 15 heavy (non-hydrogen) atoms. The maximum atomic E-state index is 5.77. The molecule has 4 heteroatoms. The van der Waals surface area contributed by atoms with Crippen LogP contribution in [0.5, 0.6) is 0 Å². The van der Waals surface area contributed by atoms with E-state index in [-0.39, 0.29) is 0 Å². The van der Waals surface area contributed by atoms with E-state index in [1.165, 1.54) is 4.59 Å². The number of hydrogen-bond acceptors (Lipinski definition) is 1. The molecule has 0 unspecified atom stereocenters. The number of rotatable bonds is 0. The maximum absolute atomic E-state index is 5.77. The summed E-state index contributed by atoms with van der Waals surface area (Å²) < 4.78 is 1.34. The third-order valence-corrected chi connectivity index (χ3v) is 2.62. The van der Waals surface area contributed by atoms with E-state index in [0.717, 1.165) is 21.7 Å². The van der Waals surface area contributed by atoms with Crippen molar-refractivity contribution >= 4 is 43.1 Å². The minimum absolute atomic E-state index is 0.471. The van der Waals surface area contributed by atoms with E-state index in [1.54, 1.807) is 0 Å². The van der Waals surface area contributed by atoms with Crippen LogP contribution in [0.3, 0.4) is 0 Å². The number of nitrogens with zero attached hydrogens (tertiary/aromatic N) is 2. The Bertz CT molecular complexity index is 658. The molecule has 0 aliphatic rings. The largest absolute Gasteiger partial charge is 0.324 e. The molecule has 1 heterocycles. The van der Waals surface area contributed by atoms with E-state index in [2.05, 4.69) is 5.10 Å². The molecule has 0 bridgehead atoms. The Morgan fingerprint density at radius 2 is 1.80 bits per heavy atom. The van der Waals surface area contributed by atoms with Crippen LogP contribution in [0.15, 0.2) is 36.4 Å². The fourth-order valence-corrected chi connectivity index (χ4v) is 1.93. The second kappa shape index (κ2) is 2.89. The van der Waals surface area contributed by atoms with Crippen molar-refractivity contribution in [2.45, 2.75) is 0 Å². The lowest BCUT2D eigenvalue weighted by molar-refractivity contribution is 1.05. The molecule has 0 amide bonds. The first-order valence-electron chi connectivity index (χ1n) is 4.68. The van der Waals surface area contributed by atoms with Gasteiger partial charge in [-0.05, 0) is 5.39 Å². The molecular weight excluding hydrogens is 182 g/mol. The quantitative estimate of drug-likeness (QED) is 0.479. The van der Waals surface area contributed by atoms with Gasteiger partial charge in [0, 0.05) is 16.4 Å². The van der Waals surface area contributed by atoms with Crippen molar-refractivity contribution in [3.05, 3.63) is 36.4 Å². The van der Waals surface area contributed by atoms with Gasteiger partial charge in [0.05, 0.1) is 5.52 Å². The summed E-state index contributed by atoms with van der Waals surface area (Å²) in [5, 5.41) is 7.12. The topological polar surface area (TPSA) is 17.8 Å². The molecule has 0 aliphatic carbocycles. The summed E-state index contributed by atoms with van der Waals surface area (Å²) in [5.41, 5.74) is 1.35. The summed E-state index contributed by atoms with van der Waals surface area (Å²) in [7, 11) is 11.5. The van der Waals surface area contributed by atoms with Gasteiger partial charge >= 0.3 is 0 Å². The average molecular weight is 188 g/mol. The number of hydrogen-bond donors (Lipinski definition) is 0. The van der Waals surface area contributed by atoms with Crippen LogP contribution in [-0.4, -0.2) is 25.5 Å². The Labute approximate surface area is 89.7 Å². The number of benzene rings is 2. The Balaban J connectivity index is 2.64. The summed E-state index contributed by atoms with van der Waals surface area (Å²) >= 11 is 0. The molecule has 0 N–H and O–H groups in total. The van der Waals surface area contributed by atoms with Crippen molar-refractivity contribution in [3.8, 4) is 0 Å². The van der Waals surface area contributed by atoms with Gasteiger partial charge in [0.15, 0.2) is 0 Å². The molecule has 0 aliphatic heterocycles. The van der Waals surface area contributed by atoms with E-state index >= 15 is 0 Å². The zero-order chi connectivity index (χ0) is 10.4. The molecule has 0 spiro atoms. The monoisotopic (exact) mass is 188 g/mol. The molecular formula is C11H6B2N2. The fraction of sp³-hybridized carbons (Fsp3) is 0. The molecule has 2 aromatic carbocycles. The van der Waals surface area contributed by atoms with Crippen molar-refractivity contribution in [3.63, 3.8) is 0 Å². The first-order valence-corrected chi connectivity index (χ1v) is 4.68. The molecule has 3 aromatic rings. The van der Waals surface area contributed by atoms with E-state index in [1.807, 2.05) is 36.4 Å². The highest BCUT2D eigenvalue weighted by molar-refractivity contribution is 6.39. The molecule has 3 rings (SSSR count). The van der Waals surface area contributed by atoms with Crippen LogP contribution < -0.4 is 5.59 Å². The Kier molecular flexibility index (Phi) is 1.66. The van der Waals surface area contributed by atoms with Gasteiger partial charge in [-0.25, -0.2) is 5.10 Å². The first-order chi connectivity index (χ1) is 7.27. The third kappa shape index (κ3) is 1.11. The highest BCUT2D eigenvalue weighted by Gasteiger charge is 2.06. The van der Waals surface area contributed by atoms with Crippen molar-refractivity contribution in [2.24, 2.45) is 0 Å². The van der Waals surface area contributed by atoms with Crippen molar-refractivity contribution in [1.29, 1.82) is 0 Å². The third-order valence-electron chi connectivity index (χ3n) is 2.62. The van der Waals surface area contributed by atoms with Crippen LogP contribution in [0.4, 0.5) is 0 Å². The van der Waals surface area contributed by atoms with Gasteiger partial charge in [0.2, 0.25) is 0 Å². The van der Waals surface area contributed by atoms with Crippen LogP contribution in [0.25, 0.3) is 21.7 Å². The van der Waals surface area contributed by atoms with Crippen LogP contribution >= 0.6 is 0 Å². The first kappa shape index (κ1) is 8.60. The predicted octanol–water partition coefficient (Wildman–Crippen LogP) is 0.915. The van der Waals surface area contributed by atoms with Crippen LogP contribution in [0.2, 0.25) is 0 Å². The Morgan fingerprint density at radius 3 is 2.67 bits per heavy atom. The van der Waals surface area contributed by atoms with Crippen molar-refractivity contribution in [2.75, 3.05) is 0 Å². The average Bonchev–Trinajstić information content (AvgIpc) is 2.55. The lowest BCUT2D eigenvalue weighted by atomic mass is 9.98. The van der Waals surface area contributed by atoms with Gasteiger partial charge in [-0.15, -0.1) is 0 Å². The van der Waals surface area contributed by atoms with Gasteiger partial charge < -0.3 is 4.59 Å². The highest BCUT2D eigenvalue weighted by Crippen LogP contribution is 2.22. The van der Waals surface area contributed by atoms with Crippen LogP contribution in [0.1, 0.15) is 0 Å².